The summed E-state index contributed by atoms with van der Waals surface area (Å²) in [6, 6.07) is 11.5. The van der Waals surface area contributed by atoms with Crippen LogP contribution in [0.1, 0.15) is 5.56 Å². The van der Waals surface area contributed by atoms with Gasteiger partial charge in [0.05, 0.1) is 12.0 Å². The molecule has 2 aromatic heterocycles. The van der Waals surface area contributed by atoms with Gasteiger partial charge in [0.1, 0.15) is 17.9 Å². The minimum Gasteiger partial charge on any atom is -0.497 e. The molecule has 10 heteroatoms. The Labute approximate surface area is 179 Å². The summed E-state index contributed by atoms with van der Waals surface area (Å²) in [5.74, 6) is 1.74. The van der Waals surface area contributed by atoms with Crippen molar-refractivity contribution < 1.29 is 9.66 Å². The van der Waals surface area contributed by atoms with Crippen LogP contribution >= 0.6 is 0 Å². The minimum absolute atomic E-state index is 0.130. The lowest BCUT2D eigenvalue weighted by atomic mass is 10.2. The van der Waals surface area contributed by atoms with Crippen molar-refractivity contribution in [2.24, 2.45) is 0 Å². The minimum atomic E-state index is -0.441. The van der Waals surface area contributed by atoms with E-state index in [4.69, 9.17) is 4.74 Å². The summed E-state index contributed by atoms with van der Waals surface area (Å²) in [6.07, 6.45) is 2.99. The highest BCUT2D eigenvalue weighted by atomic mass is 16.6. The molecular weight excluding hydrogens is 398 g/mol. The molecule has 0 saturated carbocycles. The van der Waals surface area contributed by atoms with Gasteiger partial charge >= 0.3 is 5.69 Å². The first-order valence-corrected chi connectivity index (χ1v) is 9.88. The zero-order valence-electron chi connectivity index (χ0n) is 17.4. The number of piperazine rings is 1. The number of methoxy groups -OCH3 is 1. The molecule has 0 radical (unpaired) electrons. The molecule has 0 amide bonds. The zero-order valence-corrected chi connectivity index (χ0v) is 17.4. The molecule has 31 heavy (non-hydrogen) atoms. The Morgan fingerprint density at radius 1 is 1.03 bits per heavy atom. The third kappa shape index (κ3) is 4.47. The SMILES string of the molecule is COc1ccc(N2CCN(c3ncnc(Nc4cc(C)ccn4)c3[N+](=O)[O-])CC2)cc1. The quantitative estimate of drug-likeness (QED) is 0.474. The molecule has 3 aromatic rings. The van der Waals surface area contributed by atoms with Gasteiger partial charge in [-0.25, -0.2) is 15.0 Å². The van der Waals surface area contributed by atoms with Crippen LogP contribution in [-0.4, -0.2) is 53.2 Å². The predicted octanol–water partition coefficient (Wildman–Crippen LogP) is 3.17. The highest BCUT2D eigenvalue weighted by Crippen LogP contribution is 2.34. The average molecular weight is 421 g/mol. The van der Waals surface area contributed by atoms with Crippen molar-refractivity contribution >= 4 is 28.8 Å². The molecule has 0 bridgehead atoms. The van der Waals surface area contributed by atoms with Crippen LogP contribution in [0.25, 0.3) is 0 Å². The lowest BCUT2D eigenvalue weighted by Crippen LogP contribution is -2.47. The van der Waals surface area contributed by atoms with E-state index in [9.17, 15) is 10.1 Å². The standard InChI is InChI=1S/C21H23N7O3/c1-15-7-8-22-18(13-15)25-20-19(28(29)30)21(24-14-23-20)27-11-9-26(10-12-27)16-3-5-17(31-2)6-4-16/h3-8,13-14H,9-12H2,1-2H3,(H,22,23,24,25). The Morgan fingerprint density at radius 2 is 1.74 bits per heavy atom. The number of anilines is 4. The molecule has 1 N–H and O–H groups in total. The number of ether oxygens (including phenoxy) is 1. The third-order valence-corrected chi connectivity index (χ3v) is 5.16. The van der Waals surface area contributed by atoms with Crippen LogP contribution in [0.4, 0.5) is 28.8 Å². The maximum absolute atomic E-state index is 11.9. The van der Waals surface area contributed by atoms with E-state index in [2.05, 4.69) is 25.2 Å². The largest absolute Gasteiger partial charge is 0.497 e. The highest BCUT2D eigenvalue weighted by molar-refractivity contribution is 5.74. The molecule has 4 rings (SSSR count). The summed E-state index contributed by atoms with van der Waals surface area (Å²) in [6.45, 7) is 4.57. The Bertz CT molecular complexity index is 1070. The summed E-state index contributed by atoms with van der Waals surface area (Å²) < 4.78 is 5.21. The van der Waals surface area contributed by atoms with Gasteiger partial charge in [0.25, 0.3) is 0 Å². The first kappa shape index (κ1) is 20.3. The molecule has 0 spiro atoms. The van der Waals surface area contributed by atoms with Gasteiger partial charge in [-0.3, -0.25) is 10.1 Å². The Hall–Kier alpha value is -3.95. The molecule has 1 aromatic carbocycles. The summed E-state index contributed by atoms with van der Waals surface area (Å²) in [4.78, 5) is 28.2. The van der Waals surface area contributed by atoms with Crippen molar-refractivity contribution in [2.45, 2.75) is 6.92 Å². The number of benzene rings is 1. The van der Waals surface area contributed by atoms with Crippen molar-refractivity contribution in [2.75, 3.05) is 48.4 Å². The van der Waals surface area contributed by atoms with Gasteiger partial charge in [0.15, 0.2) is 0 Å². The number of aromatic nitrogens is 3. The molecule has 0 atom stereocenters. The molecule has 1 aliphatic heterocycles. The van der Waals surface area contributed by atoms with Crippen molar-refractivity contribution in [1.82, 2.24) is 15.0 Å². The molecule has 1 aliphatic rings. The van der Waals surface area contributed by atoms with Crippen molar-refractivity contribution in [3.8, 4) is 5.75 Å². The monoisotopic (exact) mass is 421 g/mol. The lowest BCUT2D eigenvalue weighted by molar-refractivity contribution is -0.383. The van der Waals surface area contributed by atoms with Gasteiger partial charge in [0.2, 0.25) is 11.6 Å². The Kier molecular flexibility index (Phi) is 5.78. The van der Waals surface area contributed by atoms with Gasteiger partial charge in [-0.05, 0) is 48.9 Å². The van der Waals surface area contributed by atoms with Crippen LogP contribution in [0, 0.1) is 17.0 Å². The fourth-order valence-electron chi connectivity index (χ4n) is 3.56. The topological polar surface area (TPSA) is 110 Å². The van der Waals surface area contributed by atoms with Crippen molar-refractivity contribution in [3.05, 3.63) is 64.6 Å². The van der Waals surface area contributed by atoms with Crippen LogP contribution in [0.5, 0.6) is 5.75 Å². The molecule has 0 unspecified atom stereocenters. The predicted molar refractivity (Wildman–Crippen MR) is 118 cm³/mol. The molecule has 160 valence electrons. The van der Waals surface area contributed by atoms with Gasteiger partial charge in [-0.1, -0.05) is 0 Å². The fourth-order valence-corrected chi connectivity index (χ4v) is 3.56. The van der Waals surface area contributed by atoms with Gasteiger partial charge < -0.3 is 19.9 Å². The van der Waals surface area contributed by atoms with Crippen LogP contribution in [-0.2, 0) is 0 Å². The van der Waals surface area contributed by atoms with E-state index in [1.807, 2.05) is 42.2 Å². The van der Waals surface area contributed by atoms with Crippen molar-refractivity contribution in [3.63, 3.8) is 0 Å². The van der Waals surface area contributed by atoms with Crippen LogP contribution < -0.4 is 19.9 Å². The molecular formula is C21H23N7O3. The molecule has 3 heterocycles. The average Bonchev–Trinajstić information content (AvgIpc) is 2.79. The second kappa shape index (κ2) is 8.82. The lowest BCUT2D eigenvalue weighted by Gasteiger charge is -2.36. The van der Waals surface area contributed by atoms with Crippen molar-refractivity contribution in [1.29, 1.82) is 0 Å². The second-order valence-corrected chi connectivity index (χ2v) is 7.17. The molecule has 1 saturated heterocycles. The molecule has 10 nitrogen and oxygen atoms in total. The van der Waals surface area contributed by atoms with E-state index in [0.717, 1.165) is 30.1 Å². The Morgan fingerprint density at radius 3 is 2.39 bits per heavy atom. The number of nitro groups is 1. The number of hydrogen-bond donors (Lipinski definition) is 1. The first-order valence-electron chi connectivity index (χ1n) is 9.88. The molecule has 1 fully saturated rings. The van der Waals surface area contributed by atoms with E-state index >= 15 is 0 Å². The highest BCUT2D eigenvalue weighted by Gasteiger charge is 2.29. The number of hydrogen-bond acceptors (Lipinski definition) is 9. The number of aryl methyl sites for hydroxylation is 1. The van der Waals surface area contributed by atoms with E-state index in [1.165, 1.54) is 6.33 Å². The fraction of sp³-hybridized carbons (Fsp3) is 0.286. The number of nitrogens with zero attached hydrogens (tertiary/aromatic N) is 6. The summed E-state index contributed by atoms with van der Waals surface area (Å²) in [5, 5.41) is 14.9. The summed E-state index contributed by atoms with van der Waals surface area (Å²) >= 11 is 0. The third-order valence-electron chi connectivity index (χ3n) is 5.16. The maximum Gasteiger partial charge on any atom is 0.353 e. The van der Waals surface area contributed by atoms with Crippen LogP contribution in [0.2, 0.25) is 0 Å². The maximum atomic E-state index is 11.9. The van der Waals surface area contributed by atoms with Crippen LogP contribution in [0.15, 0.2) is 48.9 Å². The molecule has 0 aliphatic carbocycles. The zero-order chi connectivity index (χ0) is 21.8. The number of pyridine rings is 1. The van der Waals surface area contributed by atoms with E-state index in [0.29, 0.717) is 24.7 Å². The normalized spacial score (nSPS) is 13.7. The first-order chi connectivity index (χ1) is 15.0. The summed E-state index contributed by atoms with van der Waals surface area (Å²) in [5.41, 5.74) is 1.93. The smallest absolute Gasteiger partial charge is 0.353 e. The van der Waals surface area contributed by atoms with E-state index < -0.39 is 4.92 Å². The van der Waals surface area contributed by atoms with Crippen LogP contribution in [0.3, 0.4) is 0 Å². The van der Waals surface area contributed by atoms with Gasteiger partial charge in [-0.2, -0.15) is 0 Å². The second-order valence-electron chi connectivity index (χ2n) is 7.17. The van der Waals surface area contributed by atoms with Gasteiger partial charge in [0, 0.05) is 38.1 Å². The number of nitrogens with one attached hydrogen (secondary N) is 1. The van der Waals surface area contributed by atoms with Gasteiger partial charge in [-0.15, -0.1) is 0 Å². The van der Waals surface area contributed by atoms with E-state index in [-0.39, 0.29) is 11.5 Å². The number of rotatable bonds is 6. The van der Waals surface area contributed by atoms with E-state index in [1.54, 1.807) is 19.4 Å². The summed E-state index contributed by atoms with van der Waals surface area (Å²) in [7, 11) is 1.64. The Balaban J connectivity index is 1.53.